The molecular formula is C6H12O2SSi. The molecule has 0 spiro atoms. The topological polar surface area (TPSA) is 26.3 Å². The van der Waals surface area contributed by atoms with Gasteiger partial charge < -0.3 is 4.43 Å². The van der Waals surface area contributed by atoms with E-state index in [2.05, 4.69) is 12.6 Å². The van der Waals surface area contributed by atoms with Gasteiger partial charge in [-0.05, 0) is 6.04 Å². The molecule has 0 bridgehead atoms. The summed E-state index contributed by atoms with van der Waals surface area (Å²) >= 11 is 3.76. The molecule has 0 N–H and O–H groups in total. The zero-order valence-electron chi connectivity index (χ0n) is 6.47. The highest BCUT2D eigenvalue weighted by Gasteiger charge is 2.24. The smallest absolute Gasteiger partial charge is 0.230 e. The van der Waals surface area contributed by atoms with Crippen molar-refractivity contribution in [3.63, 3.8) is 0 Å². The Morgan fingerprint density at radius 3 is 2.50 bits per heavy atom. The zero-order valence-corrected chi connectivity index (χ0v) is 8.37. The Morgan fingerprint density at radius 1 is 1.70 bits per heavy atom. The lowest BCUT2D eigenvalue weighted by Gasteiger charge is -2.17. The largest absolute Gasteiger partial charge is 0.421 e. The van der Waals surface area contributed by atoms with Gasteiger partial charge >= 0.3 is 0 Å². The van der Waals surface area contributed by atoms with Crippen molar-refractivity contribution in [3.8, 4) is 0 Å². The minimum absolute atomic E-state index is 0.0722. The molecule has 0 amide bonds. The fourth-order valence-electron chi connectivity index (χ4n) is 0.328. The highest BCUT2D eigenvalue weighted by Crippen LogP contribution is 2.23. The summed E-state index contributed by atoms with van der Waals surface area (Å²) in [5, 5.41) is -0.0722. The van der Waals surface area contributed by atoms with Crippen LogP contribution in [-0.4, -0.2) is 22.0 Å². The van der Waals surface area contributed by atoms with Gasteiger partial charge in [-0.3, -0.25) is 4.79 Å². The van der Waals surface area contributed by atoms with E-state index in [0.717, 1.165) is 6.04 Å². The first-order valence-electron chi connectivity index (χ1n) is 3.00. The number of carbonyl (C=O) groups is 1. The summed E-state index contributed by atoms with van der Waals surface area (Å²) in [6.07, 6.45) is 0. The third kappa shape index (κ3) is 3.39. The van der Waals surface area contributed by atoms with Gasteiger partial charge in [-0.2, -0.15) is 0 Å². The Balaban J connectivity index is 3.75. The molecule has 0 aromatic heterocycles. The van der Waals surface area contributed by atoms with Gasteiger partial charge in [-0.15, -0.1) is 12.6 Å². The molecule has 0 atom stereocenters. The van der Waals surface area contributed by atoms with Crippen LogP contribution < -0.4 is 0 Å². The van der Waals surface area contributed by atoms with Crippen molar-refractivity contribution in [2.75, 3.05) is 7.11 Å². The highest BCUT2D eigenvalue weighted by atomic mass is 32.1. The number of carbonyl (C=O) groups excluding carboxylic acids is 1. The number of rotatable bonds is 4. The summed E-state index contributed by atoms with van der Waals surface area (Å²) in [4.78, 5) is 10.8. The summed E-state index contributed by atoms with van der Waals surface area (Å²) in [5.74, 6) is 0. The van der Waals surface area contributed by atoms with Crippen LogP contribution in [0.2, 0.25) is 6.04 Å². The van der Waals surface area contributed by atoms with Gasteiger partial charge in [0.15, 0.2) is 5.12 Å². The molecule has 0 aliphatic heterocycles. The lowest BCUT2D eigenvalue weighted by Crippen LogP contribution is -2.21. The fourth-order valence-corrected chi connectivity index (χ4v) is 1.22. The summed E-state index contributed by atoms with van der Waals surface area (Å²) < 4.78 is 4.87. The van der Waals surface area contributed by atoms with Gasteiger partial charge in [0.1, 0.15) is 0 Å². The SMILES string of the molecule is CO[Si]CC(C)(C)C(=O)S. The van der Waals surface area contributed by atoms with Gasteiger partial charge in [0.25, 0.3) is 0 Å². The van der Waals surface area contributed by atoms with Crippen molar-refractivity contribution in [3.05, 3.63) is 0 Å². The molecule has 0 aromatic rings. The second-order valence-electron chi connectivity index (χ2n) is 2.71. The predicted molar refractivity (Wildman–Crippen MR) is 45.3 cm³/mol. The van der Waals surface area contributed by atoms with E-state index in [1.54, 1.807) is 7.11 Å². The van der Waals surface area contributed by atoms with E-state index in [-0.39, 0.29) is 10.5 Å². The Hall–Kier alpha value is 0.197. The minimum atomic E-state index is -0.336. The average Bonchev–Trinajstić information content (AvgIpc) is 1.84. The van der Waals surface area contributed by atoms with E-state index in [9.17, 15) is 4.79 Å². The summed E-state index contributed by atoms with van der Waals surface area (Å²) in [6.45, 7) is 3.74. The van der Waals surface area contributed by atoms with Crippen LogP contribution in [0.3, 0.4) is 0 Å². The Morgan fingerprint density at radius 2 is 2.20 bits per heavy atom. The van der Waals surface area contributed by atoms with E-state index in [0.29, 0.717) is 9.76 Å². The van der Waals surface area contributed by atoms with Gasteiger partial charge in [0.2, 0.25) is 9.76 Å². The van der Waals surface area contributed by atoms with Crippen molar-refractivity contribution in [2.24, 2.45) is 5.41 Å². The summed E-state index contributed by atoms with van der Waals surface area (Å²) in [5.41, 5.74) is -0.336. The quantitative estimate of drug-likeness (QED) is 0.514. The summed E-state index contributed by atoms with van der Waals surface area (Å²) in [6, 6.07) is 0.756. The predicted octanol–water partition coefficient (Wildman–Crippen LogP) is 1.15. The standard InChI is InChI=1S/C6H12O2SSi/c1-6(2,5(7)9)4-10-8-3/h4H2,1-3H3,(H,7,9). The third-order valence-electron chi connectivity index (χ3n) is 1.24. The van der Waals surface area contributed by atoms with Gasteiger partial charge in [-0.1, -0.05) is 13.8 Å². The maximum Gasteiger partial charge on any atom is 0.230 e. The maximum absolute atomic E-state index is 10.8. The van der Waals surface area contributed by atoms with Crippen LogP contribution in [0.25, 0.3) is 0 Å². The van der Waals surface area contributed by atoms with Crippen LogP contribution in [-0.2, 0) is 9.22 Å². The van der Waals surface area contributed by atoms with Crippen molar-refractivity contribution in [1.29, 1.82) is 0 Å². The molecule has 0 saturated heterocycles. The first-order chi connectivity index (χ1) is 4.50. The van der Waals surface area contributed by atoms with E-state index in [1.165, 1.54) is 0 Å². The van der Waals surface area contributed by atoms with Crippen LogP contribution in [0, 0.1) is 5.41 Å². The molecule has 0 aromatic carbocycles. The van der Waals surface area contributed by atoms with Crippen LogP contribution in [0.1, 0.15) is 13.8 Å². The number of hydrogen-bond acceptors (Lipinski definition) is 2. The van der Waals surface area contributed by atoms with Gasteiger partial charge in [0.05, 0.1) is 0 Å². The second-order valence-corrected chi connectivity index (χ2v) is 4.17. The molecule has 4 heteroatoms. The van der Waals surface area contributed by atoms with Crippen LogP contribution in [0.15, 0.2) is 0 Å². The Bertz CT molecular complexity index is 125. The molecule has 0 saturated carbocycles. The minimum Gasteiger partial charge on any atom is -0.421 e. The van der Waals surface area contributed by atoms with E-state index >= 15 is 0 Å². The molecule has 0 fully saturated rings. The lowest BCUT2D eigenvalue weighted by molar-refractivity contribution is -0.117. The molecule has 2 radical (unpaired) electrons. The van der Waals surface area contributed by atoms with Crippen LogP contribution in [0.5, 0.6) is 0 Å². The first kappa shape index (κ1) is 10.2. The molecule has 0 aliphatic rings. The number of thiol groups is 1. The Kier molecular flexibility index (Phi) is 4.24. The molecule has 0 rings (SSSR count). The van der Waals surface area contributed by atoms with E-state index in [1.807, 2.05) is 13.8 Å². The Labute approximate surface area is 69.7 Å². The van der Waals surface area contributed by atoms with E-state index in [4.69, 9.17) is 4.43 Å². The highest BCUT2D eigenvalue weighted by molar-refractivity contribution is 7.96. The number of hydrogen-bond donors (Lipinski definition) is 1. The van der Waals surface area contributed by atoms with Crippen LogP contribution >= 0.6 is 12.6 Å². The maximum atomic E-state index is 10.8. The van der Waals surface area contributed by atoms with Gasteiger partial charge in [0, 0.05) is 12.5 Å². The molecule has 0 unspecified atom stereocenters. The molecule has 10 heavy (non-hydrogen) atoms. The second kappa shape index (κ2) is 4.15. The normalized spacial score (nSPS) is 11.6. The molecular weight excluding hydrogens is 164 g/mol. The monoisotopic (exact) mass is 176 g/mol. The van der Waals surface area contributed by atoms with Crippen molar-refractivity contribution < 1.29 is 9.22 Å². The fraction of sp³-hybridized carbons (Fsp3) is 0.833. The van der Waals surface area contributed by atoms with E-state index < -0.39 is 0 Å². The molecule has 0 aliphatic carbocycles. The van der Waals surface area contributed by atoms with Crippen molar-refractivity contribution in [2.45, 2.75) is 19.9 Å². The van der Waals surface area contributed by atoms with Crippen molar-refractivity contribution >= 4 is 27.5 Å². The first-order valence-corrected chi connectivity index (χ1v) is 4.56. The molecule has 2 nitrogen and oxygen atoms in total. The molecule has 0 heterocycles. The van der Waals surface area contributed by atoms with Gasteiger partial charge in [-0.25, -0.2) is 0 Å². The average molecular weight is 176 g/mol. The van der Waals surface area contributed by atoms with Crippen LogP contribution in [0.4, 0.5) is 0 Å². The third-order valence-corrected chi connectivity index (χ3v) is 3.16. The zero-order chi connectivity index (χ0) is 8.20. The lowest BCUT2D eigenvalue weighted by atomic mass is 9.99. The molecule has 58 valence electrons. The van der Waals surface area contributed by atoms with Crippen molar-refractivity contribution in [1.82, 2.24) is 0 Å². The summed E-state index contributed by atoms with van der Waals surface area (Å²) in [7, 11) is 2.03.